The van der Waals surface area contributed by atoms with Gasteiger partial charge in [-0.15, -0.1) is 0 Å². The van der Waals surface area contributed by atoms with Crippen LogP contribution in [0.2, 0.25) is 0 Å². The molecule has 0 spiro atoms. The highest BCUT2D eigenvalue weighted by molar-refractivity contribution is 5.90. The number of fused-ring (bicyclic) bond motifs is 1. The van der Waals surface area contributed by atoms with Crippen LogP contribution in [0.25, 0.3) is 16.8 Å². The molecule has 8 heteroatoms. The Hall–Kier alpha value is -3.55. The number of anilines is 1. The molecule has 3 aromatic rings. The Morgan fingerprint density at radius 3 is 2.56 bits per heavy atom. The van der Waals surface area contributed by atoms with Crippen molar-refractivity contribution in [3.05, 3.63) is 59.1 Å². The first kappa shape index (κ1) is 16.9. The Bertz CT molecular complexity index is 1070. The number of carbonyl (C=O) groups is 2. The Morgan fingerprint density at radius 2 is 1.81 bits per heavy atom. The van der Waals surface area contributed by atoms with Crippen LogP contribution in [0.15, 0.2) is 57.7 Å². The largest absolute Gasteiger partial charge is 0.442 e. The lowest BCUT2D eigenvalue weighted by molar-refractivity contribution is -0.119. The molecule has 4 rings (SSSR count). The maximum atomic E-state index is 12.2. The predicted octanol–water partition coefficient (Wildman–Crippen LogP) is 2.04. The van der Waals surface area contributed by atoms with Gasteiger partial charge >= 0.3 is 11.8 Å². The van der Waals surface area contributed by atoms with Gasteiger partial charge in [-0.2, -0.15) is 0 Å². The number of oxazole rings is 1. The fourth-order valence-corrected chi connectivity index (χ4v) is 3.09. The lowest BCUT2D eigenvalue weighted by Crippen LogP contribution is -2.33. The normalized spacial score (nSPS) is 16.6. The molecule has 0 radical (unpaired) electrons. The fourth-order valence-electron chi connectivity index (χ4n) is 3.09. The number of ether oxygens (including phenoxy) is 1. The summed E-state index contributed by atoms with van der Waals surface area (Å²) in [4.78, 5) is 36.8. The second-order valence-electron chi connectivity index (χ2n) is 6.24. The van der Waals surface area contributed by atoms with Gasteiger partial charge in [-0.05, 0) is 36.4 Å². The number of benzene rings is 2. The molecule has 2 aromatic carbocycles. The lowest BCUT2D eigenvalue weighted by atomic mass is 10.2. The van der Waals surface area contributed by atoms with E-state index in [1.807, 2.05) is 6.07 Å². The molecule has 138 valence electrons. The van der Waals surface area contributed by atoms with E-state index in [9.17, 15) is 14.4 Å². The molecule has 2 amide bonds. The Labute approximate surface area is 153 Å². The molecule has 0 aliphatic carbocycles. The first-order chi connectivity index (χ1) is 13.0. The van der Waals surface area contributed by atoms with Crippen LogP contribution in [0, 0.1) is 0 Å². The monoisotopic (exact) mass is 367 g/mol. The maximum Gasteiger partial charge on any atom is 0.424 e. The summed E-state index contributed by atoms with van der Waals surface area (Å²) in [7, 11) is 0. The molecule has 2 heterocycles. The van der Waals surface area contributed by atoms with E-state index in [0.29, 0.717) is 29.0 Å². The fraction of sp³-hybridized carbons (Fsp3) is 0.211. The van der Waals surface area contributed by atoms with E-state index in [4.69, 9.17) is 9.15 Å². The average molecular weight is 367 g/mol. The van der Waals surface area contributed by atoms with Crippen LogP contribution in [0.5, 0.6) is 0 Å². The average Bonchev–Trinajstić information content (AvgIpc) is 3.19. The number of hydrogen-bond acceptors (Lipinski definition) is 5. The first-order valence-electron chi connectivity index (χ1n) is 8.46. The molecular formula is C19H17N3O5. The number of rotatable bonds is 4. The SMILES string of the molecule is CC(=O)NCC1CN(c2ccc(-n3c(=O)oc4ccccc43)cc2)C(=O)O1. The number of carbonyl (C=O) groups excluding carboxylic acids is 2. The van der Waals surface area contributed by atoms with Crippen molar-refractivity contribution < 1.29 is 18.7 Å². The second-order valence-corrected chi connectivity index (χ2v) is 6.24. The molecule has 8 nitrogen and oxygen atoms in total. The molecule has 1 saturated heterocycles. The van der Waals surface area contributed by atoms with Gasteiger partial charge in [0.2, 0.25) is 5.91 Å². The first-order valence-corrected chi connectivity index (χ1v) is 8.46. The van der Waals surface area contributed by atoms with Crippen LogP contribution in [0.3, 0.4) is 0 Å². The summed E-state index contributed by atoms with van der Waals surface area (Å²) in [6, 6.07) is 14.1. The standard InChI is InChI=1S/C19H17N3O5/c1-12(23)20-10-15-11-21(18(24)26-15)13-6-8-14(9-7-13)22-16-4-2-3-5-17(16)27-19(22)25/h2-9,15H,10-11H2,1H3,(H,20,23). The Morgan fingerprint density at radius 1 is 1.11 bits per heavy atom. The molecule has 27 heavy (non-hydrogen) atoms. The predicted molar refractivity (Wildman–Crippen MR) is 98.1 cm³/mol. The topological polar surface area (TPSA) is 93.8 Å². The summed E-state index contributed by atoms with van der Waals surface area (Å²) in [5.74, 6) is -0.647. The van der Waals surface area contributed by atoms with E-state index in [0.717, 1.165) is 0 Å². The van der Waals surface area contributed by atoms with Crippen molar-refractivity contribution in [1.82, 2.24) is 9.88 Å². The van der Waals surface area contributed by atoms with Crippen LogP contribution in [-0.4, -0.2) is 35.8 Å². The third-order valence-corrected chi connectivity index (χ3v) is 4.36. The summed E-state index contributed by atoms with van der Waals surface area (Å²) in [6.07, 6.45) is -0.870. The number of amides is 2. The van der Waals surface area contributed by atoms with Crippen molar-refractivity contribution in [2.24, 2.45) is 0 Å². The summed E-state index contributed by atoms with van der Waals surface area (Å²) in [5.41, 5.74) is 2.47. The van der Waals surface area contributed by atoms with E-state index in [-0.39, 0.29) is 12.5 Å². The van der Waals surface area contributed by atoms with Gasteiger partial charge in [0.05, 0.1) is 24.3 Å². The molecule has 1 N–H and O–H groups in total. The van der Waals surface area contributed by atoms with Gasteiger partial charge in [0.1, 0.15) is 6.10 Å². The molecule has 0 saturated carbocycles. The quantitative estimate of drug-likeness (QED) is 0.762. The third-order valence-electron chi connectivity index (χ3n) is 4.36. The van der Waals surface area contributed by atoms with E-state index < -0.39 is 18.0 Å². The highest BCUT2D eigenvalue weighted by Gasteiger charge is 2.32. The summed E-state index contributed by atoms with van der Waals surface area (Å²) in [6.45, 7) is 2.02. The van der Waals surface area contributed by atoms with Crippen molar-refractivity contribution in [2.75, 3.05) is 18.0 Å². The van der Waals surface area contributed by atoms with Crippen LogP contribution in [-0.2, 0) is 9.53 Å². The molecule has 0 bridgehead atoms. The molecule has 1 aliphatic rings. The van der Waals surface area contributed by atoms with E-state index >= 15 is 0 Å². The van der Waals surface area contributed by atoms with Crippen molar-refractivity contribution in [3.63, 3.8) is 0 Å². The zero-order chi connectivity index (χ0) is 19.0. The van der Waals surface area contributed by atoms with Gasteiger partial charge in [-0.25, -0.2) is 14.2 Å². The second kappa shape index (κ2) is 6.64. The third kappa shape index (κ3) is 3.17. The van der Waals surface area contributed by atoms with Crippen molar-refractivity contribution in [3.8, 4) is 5.69 Å². The molecule has 1 unspecified atom stereocenters. The summed E-state index contributed by atoms with van der Waals surface area (Å²) < 4.78 is 12.0. The summed E-state index contributed by atoms with van der Waals surface area (Å²) in [5, 5.41) is 2.64. The van der Waals surface area contributed by atoms with Gasteiger partial charge < -0.3 is 14.5 Å². The minimum Gasteiger partial charge on any atom is -0.442 e. The minimum atomic E-state index is -0.472. The number of cyclic esters (lactones) is 1. The van der Waals surface area contributed by atoms with Crippen LogP contribution < -0.4 is 16.0 Å². The molecule has 1 aromatic heterocycles. The van der Waals surface area contributed by atoms with Gasteiger partial charge in [-0.1, -0.05) is 12.1 Å². The van der Waals surface area contributed by atoms with Gasteiger partial charge in [0.25, 0.3) is 0 Å². The zero-order valence-electron chi connectivity index (χ0n) is 14.5. The van der Waals surface area contributed by atoms with Crippen LogP contribution >= 0.6 is 0 Å². The molecule has 1 fully saturated rings. The van der Waals surface area contributed by atoms with Crippen LogP contribution in [0.1, 0.15) is 6.92 Å². The lowest BCUT2D eigenvalue weighted by Gasteiger charge is -2.13. The highest BCUT2D eigenvalue weighted by atomic mass is 16.6. The molecule has 1 atom stereocenters. The van der Waals surface area contributed by atoms with Crippen molar-refractivity contribution >= 4 is 28.8 Å². The number of para-hydroxylation sites is 2. The Kier molecular flexibility index (Phi) is 4.15. The molecule has 1 aliphatic heterocycles. The van der Waals surface area contributed by atoms with Gasteiger partial charge in [-0.3, -0.25) is 9.69 Å². The number of nitrogens with zero attached hydrogens (tertiary/aromatic N) is 2. The zero-order valence-corrected chi connectivity index (χ0v) is 14.5. The van der Waals surface area contributed by atoms with E-state index in [1.165, 1.54) is 16.4 Å². The van der Waals surface area contributed by atoms with Crippen molar-refractivity contribution in [2.45, 2.75) is 13.0 Å². The smallest absolute Gasteiger partial charge is 0.424 e. The van der Waals surface area contributed by atoms with Gasteiger partial charge in [0.15, 0.2) is 5.58 Å². The molecular weight excluding hydrogens is 350 g/mol. The number of aromatic nitrogens is 1. The summed E-state index contributed by atoms with van der Waals surface area (Å²) >= 11 is 0. The number of nitrogens with one attached hydrogen (secondary N) is 1. The maximum absolute atomic E-state index is 12.2. The van der Waals surface area contributed by atoms with E-state index in [2.05, 4.69) is 5.32 Å². The van der Waals surface area contributed by atoms with Gasteiger partial charge in [0, 0.05) is 12.6 Å². The van der Waals surface area contributed by atoms with E-state index in [1.54, 1.807) is 42.5 Å². The minimum absolute atomic E-state index is 0.174. The van der Waals surface area contributed by atoms with Crippen molar-refractivity contribution in [1.29, 1.82) is 0 Å². The Balaban J connectivity index is 1.57. The van der Waals surface area contributed by atoms with Crippen LogP contribution in [0.4, 0.5) is 10.5 Å². The highest BCUT2D eigenvalue weighted by Crippen LogP contribution is 2.24. The number of hydrogen-bond donors (Lipinski definition) is 1.